The molecule has 88 valence electrons. The van der Waals surface area contributed by atoms with E-state index >= 15 is 0 Å². The average molecular weight is 269 g/mol. The van der Waals surface area contributed by atoms with Crippen LogP contribution in [0.4, 0.5) is 0 Å². The Kier molecular flexibility index (Phi) is 3.81. The van der Waals surface area contributed by atoms with Gasteiger partial charge in [0.2, 0.25) is 5.91 Å². The highest BCUT2D eigenvalue weighted by Crippen LogP contribution is 2.21. The molecule has 1 heterocycles. The van der Waals surface area contributed by atoms with Gasteiger partial charge in [0.15, 0.2) is 5.17 Å². The van der Waals surface area contributed by atoms with E-state index < -0.39 is 5.91 Å². The minimum absolute atomic E-state index is 0.170. The fourth-order valence-electron chi connectivity index (χ4n) is 1.31. The van der Waals surface area contributed by atoms with Crippen molar-refractivity contribution < 1.29 is 9.59 Å². The summed E-state index contributed by atoms with van der Waals surface area (Å²) >= 11 is 7.28. The highest BCUT2D eigenvalue weighted by atomic mass is 35.5. The minimum Gasteiger partial charge on any atom is -0.305 e. The van der Waals surface area contributed by atoms with Crippen molar-refractivity contribution in [2.24, 2.45) is 4.99 Å². The topological polar surface area (TPSA) is 58.5 Å². The predicted octanol–water partition coefficient (Wildman–Crippen LogP) is 1.98. The van der Waals surface area contributed by atoms with Crippen molar-refractivity contribution in [3.05, 3.63) is 34.9 Å². The monoisotopic (exact) mass is 268 g/mol. The first-order chi connectivity index (χ1) is 8.15. The third-order valence-corrected chi connectivity index (χ3v) is 3.40. The summed E-state index contributed by atoms with van der Waals surface area (Å²) in [6.07, 6.45) is -0.170. The summed E-state index contributed by atoms with van der Waals surface area (Å²) in [6, 6.07) is 7.42. The molecule has 1 aromatic rings. The summed E-state index contributed by atoms with van der Waals surface area (Å²) in [5, 5.41) is 3.55. The molecule has 0 fully saturated rings. The van der Waals surface area contributed by atoms with E-state index in [0.29, 0.717) is 15.9 Å². The normalized spacial score (nSPS) is 15.5. The number of nitrogens with one attached hydrogen (secondary N) is 1. The van der Waals surface area contributed by atoms with Crippen molar-refractivity contribution in [3.8, 4) is 0 Å². The van der Waals surface area contributed by atoms with Gasteiger partial charge in [-0.25, -0.2) is 0 Å². The van der Waals surface area contributed by atoms with E-state index in [2.05, 4.69) is 10.3 Å². The number of amidine groups is 1. The van der Waals surface area contributed by atoms with Crippen molar-refractivity contribution in [3.63, 3.8) is 0 Å². The molecule has 6 heteroatoms. The van der Waals surface area contributed by atoms with E-state index in [4.69, 9.17) is 11.6 Å². The highest BCUT2D eigenvalue weighted by molar-refractivity contribution is 8.13. The molecule has 0 radical (unpaired) electrons. The lowest BCUT2D eigenvalue weighted by Crippen LogP contribution is -2.34. The number of halogens is 1. The van der Waals surface area contributed by atoms with Gasteiger partial charge in [-0.05, 0) is 11.6 Å². The van der Waals surface area contributed by atoms with Crippen LogP contribution in [0.3, 0.4) is 0 Å². The van der Waals surface area contributed by atoms with Gasteiger partial charge < -0.3 is 5.32 Å². The third kappa shape index (κ3) is 3.31. The molecular weight excluding hydrogens is 260 g/mol. The number of benzene rings is 1. The first-order valence-corrected chi connectivity index (χ1v) is 6.29. The van der Waals surface area contributed by atoms with Crippen LogP contribution in [0.2, 0.25) is 5.02 Å². The van der Waals surface area contributed by atoms with E-state index in [0.717, 1.165) is 5.56 Å². The lowest BCUT2D eigenvalue weighted by Gasteiger charge is -2.11. The van der Waals surface area contributed by atoms with E-state index in [1.54, 1.807) is 6.07 Å². The second kappa shape index (κ2) is 5.33. The molecule has 0 atom stereocenters. The number of nitrogens with zero attached hydrogens (tertiary/aromatic N) is 1. The average Bonchev–Trinajstić information content (AvgIpc) is 2.27. The van der Waals surface area contributed by atoms with Crippen LogP contribution in [-0.4, -0.2) is 17.0 Å². The molecule has 2 rings (SSSR count). The van der Waals surface area contributed by atoms with Gasteiger partial charge in [-0.15, -0.1) is 0 Å². The Hall–Kier alpha value is -1.33. The van der Waals surface area contributed by atoms with E-state index in [1.165, 1.54) is 11.8 Å². The van der Waals surface area contributed by atoms with Crippen LogP contribution in [0.5, 0.6) is 0 Å². The maximum atomic E-state index is 11.1. The van der Waals surface area contributed by atoms with Crippen LogP contribution in [0.25, 0.3) is 0 Å². The summed E-state index contributed by atoms with van der Waals surface area (Å²) in [5.74, 6) is -0.159. The fraction of sp³-hybridized carbons (Fsp3) is 0.182. The number of thioether (sulfide) groups is 1. The Balaban J connectivity index is 2.01. The first-order valence-electron chi connectivity index (χ1n) is 4.93. The van der Waals surface area contributed by atoms with Crippen LogP contribution in [0.1, 0.15) is 12.0 Å². The van der Waals surface area contributed by atoms with Gasteiger partial charge in [-0.3, -0.25) is 9.59 Å². The standard InChI is InChI=1S/C11H9ClN2O2S/c12-8-4-2-1-3-7(8)6-17-11-13-9(15)5-10(16)14-11/h1-4H,5-6H2,(H,13,14,15,16). The second-order valence-corrected chi connectivity index (χ2v) is 4.79. The predicted molar refractivity (Wildman–Crippen MR) is 67.9 cm³/mol. The van der Waals surface area contributed by atoms with Gasteiger partial charge in [0.1, 0.15) is 6.42 Å². The zero-order valence-corrected chi connectivity index (χ0v) is 10.3. The molecule has 17 heavy (non-hydrogen) atoms. The Morgan fingerprint density at radius 3 is 2.82 bits per heavy atom. The van der Waals surface area contributed by atoms with Crippen molar-refractivity contribution in [1.29, 1.82) is 0 Å². The summed E-state index contributed by atoms with van der Waals surface area (Å²) < 4.78 is 0. The van der Waals surface area contributed by atoms with Crippen LogP contribution in [0.15, 0.2) is 29.3 Å². The molecule has 0 aromatic heterocycles. The first kappa shape index (κ1) is 12.1. The Bertz CT molecular complexity index is 502. The zero-order valence-electron chi connectivity index (χ0n) is 8.77. The van der Waals surface area contributed by atoms with Crippen molar-refractivity contribution in [2.45, 2.75) is 12.2 Å². The molecule has 0 aliphatic carbocycles. The largest absolute Gasteiger partial charge is 0.305 e. The van der Waals surface area contributed by atoms with E-state index in [1.807, 2.05) is 18.2 Å². The van der Waals surface area contributed by atoms with Crippen molar-refractivity contribution >= 4 is 40.3 Å². The van der Waals surface area contributed by atoms with Crippen molar-refractivity contribution in [2.75, 3.05) is 0 Å². The van der Waals surface area contributed by atoms with Gasteiger partial charge >= 0.3 is 0 Å². The summed E-state index contributed by atoms with van der Waals surface area (Å²) in [6.45, 7) is 0. The number of hydrogen-bond donors (Lipinski definition) is 1. The van der Waals surface area contributed by atoms with Gasteiger partial charge in [0.25, 0.3) is 5.91 Å². The molecule has 0 spiro atoms. The molecular formula is C11H9ClN2O2S. The Morgan fingerprint density at radius 1 is 1.35 bits per heavy atom. The summed E-state index contributed by atoms with van der Waals surface area (Å²) in [4.78, 5) is 25.9. The number of amides is 2. The molecule has 0 unspecified atom stereocenters. The smallest absolute Gasteiger partial charge is 0.257 e. The van der Waals surface area contributed by atoms with Gasteiger partial charge in [-0.1, -0.05) is 41.6 Å². The van der Waals surface area contributed by atoms with Gasteiger partial charge in [0.05, 0.1) is 0 Å². The Labute approximate surface area is 107 Å². The summed E-state index contributed by atoms with van der Waals surface area (Å²) in [7, 11) is 0. The lowest BCUT2D eigenvalue weighted by molar-refractivity contribution is -0.127. The fourth-order valence-corrected chi connectivity index (χ4v) is 2.49. The number of aliphatic imine (C=N–C) groups is 1. The van der Waals surface area contributed by atoms with Crippen LogP contribution >= 0.6 is 23.4 Å². The van der Waals surface area contributed by atoms with Crippen LogP contribution in [-0.2, 0) is 15.3 Å². The number of carbonyl (C=O) groups excluding carboxylic acids is 2. The second-order valence-electron chi connectivity index (χ2n) is 3.42. The Morgan fingerprint density at radius 2 is 2.12 bits per heavy atom. The van der Waals surface area contributed by atoms with Gasteiger partial charge in [-0.2, -0.15) is 4.99 Å². The third-order valence-electron chi connectivity index (χ3n) is 2.11. The quantitative estimate of drug-likeness (QED) is 0.835. The van der Waals surface area contributed by atoms with E-state index in [-0.39, 0.29) is 12.3 Å². The minimum atomic E-state index is -0.407. The van der Waals surface area contributed by atoms with Crippen molar-refractivity contribution in [1.82, 2.24) is 5.32 Å². The van der Waals surface area contributed by atoms with Crippen LogP contribution < -0.4 is 5.32 Å². The molecule has 0 bridgehead atoms. The zero-order chi connectivity index (χ0) is 12.3. The molecule has 1 aromatic carbocycles. The molecule has 1 N–H and O–H groups in total. The maximum Gasteiger partial charge on any atom is 0.257 e. The number of rotatable bonds is 2. The molecule has 2 amide bonds. The number of carbonyl (C=O) groups is 2. The SMILES string of the molecule is O=C1CC(=O)NC(SCc2ccccc2Cl)=N1. The van der Waals surface area contributed by atoms with Gasteiger partial charge in [0, 0.05) is 10.8 Å². The summed E-state index contributed by atoms with van der Waals surface area (Å²) in [5.41, 5.74) is 0.939. The van der Waals surface area contributed by atoms with Crippen LogP contribution in [0, 0.1) is 0 Å². The molecule has 1 aliphatic heterocycles. The van der Waals surface area contributed by atoms with E-state index in [9.17, 15) is 9.59 Å². The highest BCUT2D eigenvalue weighted by Gasteiger charge is 2.18. The number of hydrogen-bond acceptors (Lipinski definition) is 3. The lowest BCUT2D eigenvalue weighted by atomic mass is 10.2. The molecule has 0 saturated heterocycles. The molecule has 4 nitrogen and oxygen atoms in total. The maximum absolute atomic E-state index is 11.1. The molecule has 0 saturated carbocycles. The molecule has 1 aliphatic rings.